The van der Waals surface area contributed by atoms with Crippen molar-refractivity contribution in [2.45, 2.75) is 20.3 Å². The summed E-state index contributed by atoms with van der Waals surface area (Å²) in [5.74, 6) is -0.486. The summed E-state index contributed by atoms with van der Waals surface area (Å²) in [6.07, 6.45) is 1.88. The summed E-state index contributed by atoms with van der Waals surface area (Å²) in [7, 11) is 0. The lowest BCUT2D eigenvalue weighted by molar-refractivity contribution is -0.122. The Morgan fingerprint density at radius 1 is 1.41 bits per heavy atom. The number of carbonyl (C=O) groups is 2. The van der Waals surface area contributed by atoms with Gasteiger partial charge in [0.1, 0.15) is 0 Å². The van der Waals surface area contributed by atoms with E-state index in [9.17, 15) is 9.59 Å². The Hall–Kier alpha value is -2.21. The number of nitrogens with zero attached hydrogens (tertiary/aromatic N) is 2. The second-order valence-corrected chi connectivity index (χ2v) is 6.35. The molecular weight excluding hydrogens is 298 g/mol. The lowest BCUT2D eigenvalue weighted by Crippen LogP contribution is -2.28. The zero-order valence-corrected chi connectivity index (χ0v) is 13.3. The van der Waals surface area contributed by atoms with Crippen LogP contribution in [-0.2, 0) is 9.59 Å². The molecule has 3 rings (SSSR count). The normalized spacial score (nSPS) is 17.8. The van der Waals surface area contributed by atoms with Gasteiger partial charge in [-0.25, -0.2) is 4.98 Å². The van der Waals surface area contributed by atoms with Crippen molar-refractivity contribution in [3.63, 3.8) is 0 Å². The van der Waals surface area contributed by atoms with E-state index in [2.05, 4.69) is 10.3 Å². The van der Waals surface area contributed by atoms with Crippen molar-refractivity contribution in [3.8, 4) is 0 Å². The minimum absolute atomic E-state index is 0.00649. The summed E-state index contributed by atoms with van der Waals surface area (Å²) in [5.41, 5.74) is 3.12. The van der Waals surface area contributed by atoms with Crippen LogP contribution in [0.25, 0.3) is 0 Å². The topological polar surface area (TPSA) is 62.3 Å². The minimum Gasteiger partial charge on any atom is -0.311 e. The minimum atomic E-state index is -0.337. The van der Waals surface area contributed by atoms with Crippen LogP contribution in [0.3, 0.4) is 0 Å². The zero-order valence-electron chi connectivity index (χ0n) is 12.5. The summed E-state index contributed by atoms with van der Waals surface area (Å²) in [5, 5.41) is 5.15. The van der Waals surface area contributed by atoms with Gasteiger partial charge in [0.05, 0.1) is 5.92 Å². The number of rotatable bonds is 3. The van der Waals surface area contributed by atoms with Gasteiger partial charge in [-0.05, 0) is 31.0 Å². The van der Waals surface area contributed by atoms with Crippen LogP contribution in [0.4, 0.5) is 10.8 Å². The average molecular weight is 315 g/mol. The van der Waals surface area contributed by atoms with Crippen molar-refractivity contribution in [1.29, 1.82) is 0 Å². The molecule has 1 aliphatic heterocycles. The first-order chi connectivity index (χ1) is 10.6. The van der Waals surface area contributed by atoms with Gasteiger partial charge in [0.25, 0.3) is 0 Å². The third kappa shape index (κ3) is 2.74. The van der Waals surface area contributed by atoms with Crippen LogP contribution in [0.2, 0.25) is 0 Å². The Morgan fingerprint density at radius 2 is 2.23 bits per heavy atom. The first-order valence-electron chi connectivity index (χ1n) is 7.13. The number of aromatic nitrogens is 1. The van der Waals surface area contributed by atoms with Crippen molar-refractivity contribution in [3.05, 3.63) is 40.9 Å². The standard InChI is InChI=1S/C16H17N3O2S/c1-10-4-3-5-13(11(10)2)19-9-12(8-14(19)20)15(21)18-16-17-6-7-22-16/h3-7,12H,8-9H2,1-2H3,(H,17,18,21). The molecule has 5 nitrogen and oxygen atoms in total. The van der Waals surface area contributed by atoms with Crippen molar-refractivity contribution < 1.29 is 9.59 Å². The van der Waals surface area contributed by atoms with Crippen molar-refractivity contribution in [1.82, 2.24) is 4.98 Å². The predicted octanol–water partition coefficient (Wildman–Crippen LogP) is 2.75. The van der Waals surface area contributed by atoms with E-state index < -0.39 is 0 Å². The summed E-state index contributed by atoms with van der Waals surface area (Å²) < 4.78 is 0. The summed E-state index contributed by atoms with van der Waals surface area (Å²) in [6.45, 7) is 4.44. The van der Waals surface area contributed by atoms with Crippen molar-refractivity contribution in [2.24, 2.45) is 5.92 Å². The number of aryl methyl sites for hydroxylation is 1. The fraction of sp³-hybridized carbons (Fsp3) is 0.312. The highest BCUT2D eigenvalue weighted by molar-refractivity contribution is 7.13. The fourth-order valence-electron chi connectivity index (χ4n) is 2.64. The summed E-state index contributed by atoms with van der Waals surface area (Å²) >= 11 is 1.37. The van der Waals surface area contributed by atoms with Gasteiger partial charge < -0.3 is 10.2 Å². The lowest BCUT2D eigenvalue weighted by atomic mass is 10.1. The van der Waals surface area contributed by atoms with Gasteiger partial charge in [-0.2, -0.15) is 0 Å². The molecule has 0 aliphatic carbocycles. The number of amides is 2. The van der Waals surface area contributed by atoms with Crippen LogP contribution in [0.15, 0.2) is 29.8 Å². The largest absolute Gasteiger partial charge is 0.311 e. The average Bonchev–Trinajstić information content (AvgIpc) is 3.12. The molecule has 0 bridgehead atoms. The number of hydrogen-bond acceptors (Lipinski definition) is 4. The Morgan fingerprint density at radius 3 is 2.95 bits per heavy atom. The highest BCUT2D eigenvalue weighted by Gasteiger charge is 2.36. The number of benzene rings is 1. The third-order valence-electron chi connectivity index (χ3n) is 4.03. The van der Waals surface area contributed by atoms with E-state index in [0.29, 0.717) is 11.7 Å². The molecule has 0 spiro atoms. The maximum absolute atomic E-state index is 12.3. The molecule has 2 amide bonds. The van der Waals surface area contributed by atoms with E-state index in [4.69, 9.17) is 0 Å². The molecule has 1 atom stereocenters. The van der Waals surface area contributed by atoms with E-state index >= 15 is 0 Å². The number of carbonyl (C=O) groups excluding carboxylic acids is 2. The molecule has 0 saturated carbocycles. The van der Waals surface area contributed by atoms with Crippen LogP contribution in [-0.4, -0.2) is 23.3 Å². The first-order valence-corrected chi connectivity index (χ1v) is 8.01. The van der Waals surface area contributed by atoms with Crippen LogP contribution < -0.4 is 10.2 Å². The maximum atomic E-state index is 12.3. The molecule has 1 fully saturated rings. The molecule has 22 heavy (non-hydrogen) atoms. The molecule has 2 aromatic rings. The molecular formula is C16H17N3O2S. The molecule has 1 aromatic heterocycles. The SMILES string of the molecule is Cc1cccc(N2CC(C(=O)Nc3nccs3)CC2=O)c1C. The van der Waals surface area contributed by atoms with Crippen molar-refractivity contribution in [2.75, 3.05) is 16.8 Å². The third-order valence-corrected chi connectivity index (χ3v) is 4.71. The van der Waals surface area contributed by atoms with E-state index in [1.807, 2.05) is 32.0 Å². The van der Waals surface area contributed by atoms with Gasteiger partial charge in [-0.3, -0.25) is 9.59 Å². The van der Waals surface area contributed by atoms with Crippen LogP contribution in [0, 0.1) is 19.8 Å². The van der Waals surface area contributed by atoms with Crippen LogP contribution >= 0.6 is 11.3 Å². The molecule has 1 N–H and O–H groups in total. The Kier molecular flexibility index (Phi) is 3.94. The van der Waals surface area contributed by atoms with Gasteiger partial charge in [0, 0.05) is 30.2 Å². The molecule has 1 unspecified atom stereocenters. The number of thiazole rings is 1. The molecule has 6 heteroatoms. The molecule has 2 heterocycles. The molecule has 1 aliphatic rings. The van der Waals surface area contributed by atoms with E-state index in [0.717, 1.165) is 16.8 Å². The molecule has 0 radical (unpaired) electrons. The molecule has 114 valence electrons. The fourth-order valence-corrected chi connectivity index (χ4v) is 3.17. The van der Waals surface area contributed by atoms with Crippen LogP contribution in [0.1, 0.15) is 17.5 Å². The quantitative estimate of drug-likeness (QED) is 0.947. The van der Waals surface area contributed by atoms with Gasteiger partial charge in [-0.15, -0.1) is 11.3 Å². The van der Waals surface area contributed by atoms with Gasteiger partial charge >= 0.3 is 0 Å². The predicted molar refractivity (Wildman–Crippen MR) is 87.1 cm³/mol. The second-order valence-electron chi connectivity index (χ2n) is 5.45. The highest BCUT2D eigenvalue weighted by Crippen LogP contribution is 2.30. The van der Waals surface area contributed by atoms with E-state index in [-0.39, 0.29) is 24.2 Å². The number of nitrogens with one attached hydrogen (secondary N) is 1. The first kappa shape index (κ1) is 14.7. The monoisotopic (exact) mass is 315 g/mol. The Labute approximate surface area is 133 Å². The number of hydrogen-bond donors (Lipinski definition) is 1. The lowest BCUT2D eigenvalue weighted by Gasteiger charge is -2.20. The van der Waals surface area contributed by atoms with Crippen LogP contribution in [0.5, 0.6) is 0 Å². The van der Waals surface area contributed by atoms with Crippen molar-refractivity contribution >= 4 is 34.0 Å². The second kappa shape index (κ2) is 5.88. The summed E-state index contributed by atoms with van der Waals surface area (Å²) in [4.78, 5) is 30.3. The Bertz CT molecular complexity index is 712. The highest BCUT2D eigenvalue weighted by atomic mass is 32.1. The van der Waals surface area contributed by atoms with Gasteiger partial charge in [-0.1, -0.05) is 12.1 Å². The smallest absolute Gasteiger partial charge is 0.231 e. The zero-order chi connectivity index (χ0) is 15.7. The molecule has 1 aromatic carbocycles. The number of anilines is 2. The van der Waals surface area contributed by atoms with E-state index in [1.54, 1.807) is 16.5 Å². The van der Waals surface area contributed by atoms with E-state index in [1.165, 1.54) is 11.3 Å². The molecule has 1 saturated heterocycles. The van der Waals surface area contributed by atoms with Gasteiger partial charge in [0.15, 0.2) is 5.13 Å². The maximum Gasteiger partial charge on any atom is 0.231 e. The van der Waals surface area contributed by atoms with Gasteiger partial charge in [0.2, 0.25) is 11.8 Å². The Balaban J connectivity index is 1.75. The summed E-state index contributed by atoms with van der Waals surface area (Å²) in [6, 6.07) is 5.89.